The molecule has 0 saturated carbocycles. The van der Waals surface area contributed by atoms with Crippen LogP contribution in [0.1, 0.15) is 19.8 Å². The minimum atomic E-state index is -0.240. The van der Waals surface area contributed by atoms with Crippen molar-refractivity contribution in [3.8, 4) is 0 Å². The van der Waals surface area contributed by atoms with Crippen molar-refractivity contribution in [3.63, 3.8) is 0 Å². The number of fused-ring (bicyclic) bond motifs is 1. The lowest BCUT2D eigenvalue weighted by Gasteiger charge is -2.22. The first-order valence-electron chi connectivity index (χ1n) is 6.18. The minimum absolute atomic E-state index is 0.240. The molecule has 2 heterocycles. The van der Waals surface area contributed by atoms with Crippen molar-refractivity contribution in [3.05, 3.63) is 24.0 Å². The zero-order valence-electron chi connectivity index (χ0n) is 10.3. The fraction of sp³-hybridized carbons (Fsp3) is 0.462. The van der Waals surface area contributed by atoms with E-state index >= 15 is 0 Å². The second-order valence-corrected chi connectivity index (χ2v) is 6.68. The molecule has 18 heavy (non-hydrogen) atoms. The third-order valence-corrected chi connectivity index (χ3v) is 4.91. The molecular formula is C13H16FN3S. The minimum Gasteiger partial charge on any atom is -0.354 e. The highest BCUT2D eigenvalue weighted by Gasteiger charge is 2.29. The Bertz CT molecular complexity index is 560. The van der Waals surface area contributed by atoms with Crippen LogP contribution in [0.5, 0.6) is 0 Å². The second kappa shape index (κ2) is 4.46. The molecule has 3 rings (SSSR count). The monoisotopic (exact) mass is 265 g/mol. The maximum Gasteiger partial charge on any atom is 0.201 e. The molecule has 1 aromatic carbocycles. The van der Waals surface area contributed by atoms with Gasteiger partial charge in [0.1, 0.15) is 5.82 Å². The van der Waals surface area contributed by atoms with Gasteiger partial charge >= 0.3 is 0 Å². The Morgan fingerprint density at radius 1 is 1.56 bits per heavy atom. The molecule has 1 unspecified atom stereocenters. The summed E-state index contributed by atoms with van der Waals surface area (Å²) in [6, 6.07) is 4.60. The third kappa shape index (κ3) is 2.32. The average Bonchev–Trinajstić information content (AvgIpc) is 2.93. The van der Waals surface area contributed by atoms with E-state index in [0.717, 1.165) is 23.5 Å². The lowest BCUT2D eigenvalue weighted by atomic mass is 10.1. The highest BCUT2D eigenvalue weighted by molar-refractivity contribution is 8.00. The van der Waals surface area contributed by atoms with E-state index in [9.17, 15) is 4.39 Å². The first kappa shape index (κ1) is 11.8. The van der Waals surface area contributed by atoms with E-state index in [4.69, 9.17) is 0 Å². The predicted octanol–water partition coefficient (Wildman–Crippen LogP) is 3.40. The van der Waals surface area contributed by atoms with Crippen LogP contribution < -0.4 is 5.32 Å². The van der Waals surface area contributed by atoms with E-state index in [0.29, 0.717) is 4.75 Å². The standard InChI is InChI=1S/C13H16FN3S/c1-13(5-2-6-18-13)8-15-12-16-10-4-3-9(14)7-11(10)17-12/h3-4,7H,2,5-6,8H2,1H3,(H2,15,16,17). The molecule has 2 aromatic rings. The summed E-state index contributed by atoms with van der Waals surface area (Å²) in [5.41, 5.74) is 1.53. The van der Waals surface area contributed by atoms with Crippen molar-refractivity contribution in [1.29, 1.82) is 0 Å². The Hall–Kier alpha value is -1.23. The van der Waals surface area contributed by atoms with Gasteiger partial charge in [-0.3, -0.25) is 0 Å². The highest BCUT2D eigenvalue weighted by Crippen LogP contribution is 2.37. The number of hydrogen-bond acceptors (Lipinski definition) is 3. The smallest absolute Gasteiger partial charge is 0.201 e. The fourth-order valence-electron chi connectivity index (χ4n) is 2.31. The molecule has 0 radical (unpaired) electrons. The van der Waals surface area contributed by atoms with Gasteiger partial charge in [-0.05, 0) is 43.7 Å². The number of nitrogens with one attached hydrogen (secondary N) is 2. The van der Waals surface area contributed by atoms with E-state index in [1.165, 1.54) is 30.7 Å². The molecule has 1 aliphatic rings. The number of hydrogen-bond donors (Lipinski definition) is 2. The maximum absolute atomic E-state index is 13.1. The van der Waals surface area contributed by atoms with Crippen LogP contribution in [0.3, 0.4) is 0 Å². The molecule has 0 spiro atoms. The number of rotatable bonds is 3. The number of anilines is 1. The Balaban J connectivity index is 1.74. The van der Waals surface area contributed by atoms with Crippen molar-refractivity contribution < 1.29 is 4.39 Å². The lowest BCUT2D eigenvalue weighted by molar-refractivity contribution is 0.629. The Labute approximate surface area is 110 Å². The van der Waals surface area contributed by atoms with Gasteiger partial charge < -0.3 is 10.3 Å². The summed E-state index contributed by atoms with van der Waals surface area (Å²) < 4.78 is 13.4. The molecular weight excluding hydrogens is 249 g/mol. The molecule has 5 heteroatoms. The van der Waals surface area contributed by atoms with Crippen molar-refractivity contribution in [2.24, 2.45) is 0 Å². The Morgan fingerprint density at radius 3 is 3.22 bits per heavy atom. The van der Waals surface area contributed by atoms with Gasteiger partial charge in [0.05, 0.1) is 11.0 Å². The van der Waals surface area contributed by atoms with Gasteiger partial charge in [0.15, 0.2) is 0 Å². The van der Waals surface area contributed by atoms with Gasteiger partial charge in [-0.15, -0.1) is 0 Å². The third-order valence-electron chi connectivity index (χ3n) is 3.37. The van der Waals surface area contributed by atoms with E-state index in [-0.39, 0.29) is 5.82 Å². The molecule has 2 N–H and O–H groups in total. The summed E-state index contributed by atoms with van der Waals surface area (Å²) in [5, 5.41) is 3.33. The summed E-state index contributed by atoms with van der Waals surface area (Å²) in [4.78, 5) is 7.51. The maximum atomic E-state index is 13.1. The van der Waals surface area contributed by atoms with Crippen LogP contribution in [0.4, 0.5) is 10.3 Å². The summed E-state index contributed by atoms with van der Waals surface area (Å²) >= 11 is 2.01. The summed E-state index contributed by atoms with van der Waals surface area (Å²) in [7, 11) is 0. The van der Waals surface area contributed by atoms with Crippen LogP contribution in [0.15, 0.2) is 18.2 Å². The van der Waals surface area contributed by atoms with E-state index < -0.39 is 0 Å². The molecule has 1 atom stereocenters. The number of imidazole rings is 1. The molecule has 3 nitrogen and oxygen atoms in total. The first-order valence-corrected chi connectivity index (χ1v) is 7.16. The topological polar surface area (TPSA) is 40.7 Å². The zero-order chi connectivity index (χ0) is 12.6. The normalized spacial score (nSPS) is 23.7. The summed E-state index contributed by atoms with van der Waals surface area (Å²) in [6.07, 6.45) is 2.52. The second-order valence-electron chi connectivity index (χ2n) is 5.00. The number of benzene rings is 1. The molecule has 0 bridgehead atoms. The number of halogens is 1. The molecule has 1 aliphatic heterocycles. The number of H-pyrrole nitrogens is 1. The largest absolute Gasteiger partial charge is 0.354 e. The zero-order valence-corrected chi connectivity index (χ0v) is 11.1. The average molecular weight is 265 g/mol. The fourth-order valence-corrected chi connectivity index (χ4v) is 3.56. The Morgan fingerprint density at radius 2 is 2.44 bits per heavy atom. The van der Waals surface area contributed by atoms with Crippen molar-refractivity contribution >= 4 is 28.7 Å². The van der Waals surface area contributed by atoms with E-state index in [1.807, 2.05) is 11.8 Å². The molecule has 0 aliphatic carbocycles. The first-order chi connectivity index (χ1) is 8.65. The van der Waals surface area contributed by atoms with Crippen molar-refractivity contribution in [2.75, 3.05) is 17.6 Å². The summed E-state index contributed by atoms with van der Waals surface area (Å²) in [5.74, 6) is 1.73. The highest BCUT2D eigenvalue weighted by atomic mass is 32.2. The van der Waals surface area contributed by atoms with Crippen LogP contribution in [0.25, 0.3) is 11.0 Å². The molecule has 96 valence electrons. The van der Waals surface area contributed by atoms with Gasteiger partial charge in [-0.1, -0.05) is 0 Å². The van der Waals surface area contributed by atoms with Gasteiger partial charge in [-0.25, -0.2) is 9.37 Å². The number of thioether (sulfide) groups is 1. The van der Waals surface area contributed by atoms with Crippen LogP contribution >= 0.6 is 11.8 Å². The number of aromatic nitrogens is 2. The quantitative estimate of drug-likeness (QED) is 0.893. The summed E-state index contributed by atoms with van der Waals surface area (Å²) in [6.45, 7) is 3.17. The van der Waals surface area contributed by atoms with Crippen LogP contribution in [0, 0.1) is 5.82 Å². The lowest BCUT2D eigenvalue weighted by Crippen LogP contribution is -2.27. The van der Waals surface area contributed by atoms with E-state index in [1.54, 1.807) is 6.07 Å². The SMILES string of the molecule is CC1(CNc2nc3ccc(F)cc3[nH]2)CCCS1. The molecule has 0 amide bonds. The number of aromatic amines is 1. The molecule has 1 aromatic heterocycles. The van der Waals surface area contributed by atoms with Crippen molar-refractivity contribution in [1.82, 2.24) is 9.97 Å². The molecule has 1 saturated heterocycles. The van der Waals surface area contributed by atoms with Gasteiger partial charge in [0.25, 0.3) is 0 Å². The van der Waals surface area contributed by atoms with Crippen LogP contribution in [0.2, 0.25) is 0 Å². The predicted molar refractivity (Wildman–Crippen MR) is 74.6 cm³/mol. The van der Waals surface area contributed by atoms with Crippen LogP contribution in [-0.4, -0.2) is 27.0 Å². The van der Waals surface area contributed by atoms with Crippen LogP contribution in [-0.2, 0) is 0 Å². The van der Waals surface area contributed by atoms with Gasteiger partial charge in [0, 0.05) is 11.3 Å². The van der Waals surface area contributed by atoms with Gasteiger partial charge in [-0.2, -0.15) is 11.8 Å². The molecule has 1 fully saturated rings. The van der Waals surface area contributed by atoms with E-state index in [2.05, 4.69) is 22.2 Å². The van der Waals surface area contributed by atoms with Gasteiger partial charge in [0.2, 0.25) is 5.95 Å². The Kier molecular flexibility index (Phi) is 2.93. The number of nitrogens with zero attached hydrogens (tertiary/aromatic N) is 1. The van der Waals surface area contributed by atoms with Crippen molar-refractivity contribution in [2.45, 2.75) is 24.5 Å².